The Balaban J connectivity index is 2.88. The lowest BCUT2D eigenvalue weighted by atomic mass is 10.2. The van der Waals surface area contributed by atoms with Crippen LogP contribution in [-0.4, -0.2) is 22.6 Å². The normalized spacial score (nSPS) is 9.86. The summed E-state index contributed by atoms with van der Waals surface area (Å²) in [5, 5.41) is 11.1. The molecule has 0 unspecified atom stereocenters. The number of aromatic nitrogens is 1. The summed E-state index contributed by atoms with van der Waals surface area (Å²) in [4.78, 5) is 14.3. The monoisotopic (exact) mass is 259 g/mol. The van der Waals surface area contributed by atoms with Crippen molar-refractivity contribution in [3.8, 4) is 0 Å². The molecule has 4 N–H and O–H groups in total. The lowest BCUT2D eigenvalue weighted by molar-refractivity contribution is -0.134. The number of aliphatic carboxylic acids is 1. The molecule has 0 aliphatic heterocycles. The van der Waals surface area contributed by atoms with Crippen molar-refractivity contribution in [1.82, 2.24) is 4.98 Å². The second-order valence-corrected chi connectivity index (χ2v) is 3.54. The molecule has 5 nitrogen and oxygen atoms in total. The SMILES string of the molecule is Cc1c(N)cnc(NCC(=O)O)c1Br. The molecule has 0 amide bonds. The molecule has 0 saturated heterocycles. The number of nitrogens with one attached hydrogen (secondary N) is 1. The molecule has 0 aromatic carbocycles. The molecule has 1 aromatic heterocycles. The number of rotatable bonds is 3. The van der Waals surface area contributed by atoms with Gasteiger partial charge in [-0.05, 0) is 28.4 Å². The Morgan fingerprint density at radius 2 is 2.43 bits per heavy atom. The zero-order chi connectivity index (χ0) is 10.7. The summed E-state index contributed by atoms with van der Waals surface area (Å²) in [6, 6.07) is 0. The summed E-state index contributed by atoms with van der Waals surface area (Å²) in [6.07, 6.45) is 1.49. The van der Waals surface area contributed by atoms with Gasteiger partial charge in [-0.15, -0.1) is 0 Å². The molecule has 6 heteroatoms. The molecule has 76 valence electrons. The third-order valence-corrected chi connectivity index (χ3v) is 2.68. The Morgan fingerprint density at radius 1 is 1.79 bits per heavy atom. The van der Waals surface area contributed by atoms with Crippen molar-refractivity contribution < 1.29 is 9.90 Å². The number of pyridine rings is 1. The highest BCUT2D eigenvalue weighted by Crippen LogP contribution is 2.27. The Morgan fingerprint density at radius 3 is 3.00 bits per heavy atom. The number of nitrogens with zero attached hydrogens (tertiary/aromatic N) is 1. The van der Waals surface area contributed by atoms with Gasteiger partial charge in [0.05, 0.1) is 16.4 Å². The van der Waals surface area contributed by atoms with Crippen molar-refractivity contribution in [2.75, 3.05) is 17.6 Å². The minimum Gasteiger partial charge on any atom is -0.480 e. The van der Waals surface area contributed by atoms with Crippen molar-refractivity contribution in [3.05, 3.63) is 16.2 Å². The van der Waals surface area contributed by atoms with E-state index < -0.39 is 5.97 Å². The molecule has 0 radical (unpaired) electrons. The minimum atomic E-state index is -0.937. The molecular formula is C8H10BrN3O2. The second-order valence-electron chi connectivity index (χ2n) is 2.75. The number of anilines is 2. The van der Waals surface area contributed by atoms with Gasteiger partial charge in [0, 0.05) is 0 Å². The van der Waals surface area contributed by atoms with Gasteiger partial charge in [-0.25, -0.2) is 4.98 Å². The van der Waals surface area contributed by atoms with Gasteiger partial charge in [0.15, 0.2) is 0 Å². The van der Waals surface area contributed by atoms with Gasteiger partial charge in [-0.1, -0.05) is 0 Å². The van der Waals surface area contributed by atoms with Crippen LogP contribution < -0.4 is 11.1 Å². The van der Waals surface area contributed by atoms with Crippen LogP contribution in [-0.2, 0) is 4.79 Å². The van der Waals surface area contributed by atoms with Crippen LogP contribution in [0.4, 0.5) is 11.5 Å². The topological polar surface area (TPSA) is 88.2 Å². The number of halogens is 1. The van der Waals surface area contributed by atoms with E-state index >= 15 is 0 Å². The first-order chi connectivity index (χ1) is 6.52. The number of nitrogens with two attached hydrogens (primary N) is 1. The largest absolute Gasteiger partial charge is 0.480 e. The van der Waals surface area contributed by atoms with Gasteiger partial charge in [0.1, 0.15) is 12.4 Å². The Kier molecular flexibility index (Phi) is 3.29. The van der Waals surface area contributed by atoms with Crippen molar-refractivity contribution in [3.63, 3.8) is 0 Å². The zero-order valence-electron chi connectivity index (χ0n) is 7.54. The number of carboxylic acids is 1. The van der Waals surface area contributed by atoms with Crippen LogP contribution in [0, 0.1) is 6.92 Å². The Labute approximate surface area is 89.5 Å². The highest BCUT2D eigenvalue weighted by atomic mass is 79.9. The zero-order valence-corrected chi connectivity index (χ0v) is 9.13. The van der Waals surface area contributed by atoms with Crippen LogP contribution in [0.3, 0.4) is 0 Å². The fourth-order valence-electron chi connectivity index (χ4n) is 0.874. The average Bonchev–Trinajstić information content (AvgIpc) is 2.13. The molecular weight excluding hydrogens is 250 g/mol. The fraction of sp³-hybridized carbons (Fsp3) is 0.250. The van der Waals surface area contributed by atoms with E-state index in [1.165, 1.54) is 6.20 Å². The smallest absolute Gasteiger partial charge is 0.322 e. The molecule has 1 rings (SSSR count). The van der Waals surface area contributed by atoms with Crippen LogP contribution in [0.15, 0.2) is 10.7 Å². The van der Waals surface area contributed by atoms with E-state index in [2.05, 4.69) is 26.2 Å². The van der Waals surface area contributed by atoms with Crippen molar-refractivity contribution in [2.45, 2.75) is 6.92 Å². The predicted octanol–water partition coefficient (Wildman–Crippen LogP) is 1.23. The lowest BCUT2D eigenvalue weighted by Crippen LogP contribution is -2.14. The summed E-state index contributed by atoms with van der Waals surface area (Å²) in [5.41, 5.74) is 7.02. The molecule has 0 atom stereocenters. The Hall–Kier alpha value is -1.30. The average molecular weight is 260 g/mol. The molecule has 1 aromatic rings. The van der Waals surface area contributed by atoms with E-state index in [0.29, 0.717) is 16.0 Å². The van der Waals surface area contributed by atoms with E-state index in [1.807, 2.05) is 6.92 Å². The number of hydrogen-bond donors (Lipinski definition) is 3. The van der Waals surface area contributed by atoms with Crippen LogP contribution in [0.2, 0.25) is 0 Å². The van der Waals surface area contributed by atoms with Crippen molar-refractivity contribution >= 4 is 33.4 Å². The maximum atomic E-state index is 10.3. The van der Waals surface area contributed by atoms with E-state index in [9.17, 15) is 4.79 Å². The molecule has 1 heterocycles. The third-order valence-electron chi connectivity index (χ3n) is 1.71. The third kappa shape index (κ3) is 2.35. The molecule has 0 spiro atoms. The molecule has 0 aliphatic rings. The van der Waals surface area contributed by atoms with Gasteiger partial charge in [-0.2, -0.15) is 0 Å². The first kappa shape index (κ1) is 10.8. The quantitative estimate of drug-likeness (QED) is 0.760. The summed E-state index contributed by atoms with van der Waals surface area (Å²) in [5.74, 6) is -0.452. The number of carboxylic acid groups (broad SMARTS) is 1. The van der Waals surface area contributed by atoms with E-state index in [-0.39, 0.29) is 6.54 Å². The molecule has 0 bridgehead atoms. The molecule has 0 aliphatic carbocycles. The number of hydrogen-bond acceptors (Lipinski definition) is 4. The first-order valence-electron chi connectivity index (χ1n) is 3.88. The first-order valence-corrected chi connectivity index (χ1v) is 4.68. The predicted molar refractivity (Wildman–Crippen MR) is 57.2 cm³/mol. The van der Waals surface area contributed by atoms with Crippen LogP contribution >= 0.6 is 15.9 Å². The molecule has 0 fully saturated rings. The van der Waals surface area contributed by atoms with Crippen molar-refractivity contribution in [1.29, 1.82) is 0 Å². The standard InChI is InChI=1S/C8H10BrN3O2/c1-4-5(10)2-11-8(7(4)9)12-3-6(13)14/h2H,3,10H2,1H3,(H,11,12)(H,13,14). The van der Waals surface area contributed by atoms with E-state index in [0.717, 1.165) is 5.56 Å². The highest BCUT2D eigenvalue weighted by Gasteiger charge is 2.07. The summed E-state index contributed by atoms with van der Waals surface area (Å²) >= 11 is 3.28. The van der Waals surface area contributed by atoms with Crippen molar-refractivity contribution in [2.24, 2.45) is 0 Å². The van der Waals surface area contributed by atoms with E-state index in [1.54, 1.807) is 0 Å². The maximum absolute atomic E-state index is 10.3. The molecule has 0 saturated carbocycles. The van der Waals surface area contributed by atoms with Gasteiger partial charge in [0.2, 0.25) is 0 Å². The van der Waals surface area contributed by atoms with E-state index in [4.69, 9.17) is 10.8 Å². The van der Waals surface area contributed by atoms with Gasteiger partial charge >= 0.3 is 5.97 Å². The summed E-state index contributed by atoms with van der Waals surface area (Å²) in [6.45, 7) is 1.65. The number of nitrogen functional groups attached to an aromatic ring is 1. The number of carbonyl (C=O) groups is 1. The van der Waals surface area contributed by atoms with Gasteiger partial charge in [-0.3, -0.25) is 4.79 Å². The van der Waals surface area contributed by atoms with Gasteiger partial charge < -0.3 is 16.2 Å². The van der Waals surface area contributed by atoms with Gasteiger partial charge in [0.25, 0.3) is 0 Å². The highest BCUT2D eigenvalue weighted by molar-refractivity contribution is 9.10. The van der Waals surface area contributed by atoms with Crippen LogP contribution in [0.1, 0.15) is 5.56 Å². The maximum Gasteiger partial charge on any atom is 0.322 e. The minimum absolute atomic E-state index is 0.172. The fourth-order valence-corrected chi connectivity index (χ4v) is 1.35. The van der Waals surface area contributed by atoms with Crippen LogP contribution in [0.5, 0.6) is 0 Å². The Bertz CT molecular complexity index is 368. The second kappa shape index (κ2) is 4.28. The molecule has 14 heavy (non-hydrogen) atoms. The lowest BCUT2D eigenvalue weighted by Gasteiger charge is -2.08. The summed E-state index contributed by atoms with van der Waals surface area (Å²) < 4.78 is 0.693. The summed E-state index contributed by atoms with van der Waals surface area (Å²) in [7, 11) is 0. The van der Waals surface area contributed by atoms with Crippen LogP contribution in [0.25, 0.3) is 0 Å².